The maximum atomic E-state index is 11.5. The number of rotatable bonds is 1. The highest BCUT2D eigenvalue weighted by molar-refractivity contribution is 6.42. The molecule has 0 spiro atoms. The van der Waals surface area contributed by atoms with E-state index < -0.39 is 11.8 Å². The van der Waals surface area contributed by atoms with Crippen LogP contribution in [0.3, 0.4) is 0 Å². The van der Waals surface area contributed by atoms with E-state index in [-0.39, 0.29) is 0 Å². The molecule has 0 N–H and O–H groups in total. The number of azo groups is 2. The van der Waals surface area contributed by atoms with Gasteiger partial charge < -0.3 is 0 Å². The molecule has 1 heterocycles. The van der Waals surface area contributed by atoms with Crippen LogP contribution in [0.2, 0.25) is 10.0 Å². The van der Waals surface area contributed by atoms with Gasteiger partial charge >= 0.3 is 11.8 Å². The fraction of sp³-hybridized carbons (Fsp3) is 0. The molecule has 0 radical (unpaired) electrons. The molecule has 0 aromatic heterocycles. The van der Waals surface area contributed by atoms with E-state index in [1.807, 2.05) is 0 Å². The second kappa shape index (κ2) is 4.15. The maximum absolute atomic E-state index is 11.5. The predicted molar refractivity (Wildman–Crippen MR) is 58.0 cm³/mol. The average molecular weight is 256 g/mol. The summed E-state index contributed by atoms with van der Waals surface area (Å²) in [5.74, 6) is -0.899. The smallest absolute Gasteiger partial charge is 0.261 e. The summed E-state index contributed by atoms with van der Waals surface area (Å²) in [4.78, 5) is 22.5. The highest BCUT2D eigenvalue weighted by Crippen LogP contribution is 2.27. The summed E-state index contributed by atoms with van der Waals surface area (Å²) in [6.07, 6.45) is 2.26. The van der Waals surface area contributed by atoms with Crippen LogP contribution < -0.4 is 0 Å². The minimum absolute atomic E-state index is 0.296. The van der Waals surface area contributed by atoms with Crippen LogP contribution >= 0.6 is 23.2 Å². The molecule has 0 bridgehead atoms. The first-order valence-electron chi connectivity index (χ1n) is 4.31. The standard InChI is InChI=1S/C10H5Cl2N2O2/c11-7-2-1-6(5-8(7)12)14-10(16)4-3-9(15)13-14/h1-5H/q+1. The normalized spacial score (nSPS) is 15.2. The lowest BCUT2D eigenvalue weighted by molar-refractivity contribution is -0.425. The third kappa shape index (κ3) is 2.03. The van der Waals surface area contributed by atoms with Gasteiger partial charge in [0.15, 0.2) is 0 Å². The fourth-order valence-corrected chi connectivity index (χ4v) is 1.49. The number of carbonyl (C=O) groups is 2. The van der Waals surface area contributed by atoms with Crippen molar-refractivity contribution >= 4 is 40.7 Å². The first kappa shape index (κ1) is 11.0. The Balaban J connectivity index is 2.48. The topological polar surface area (TPSA) is 49.5 Å². The molecule has 1 aliphatic rings. The highest BCUT2D eigenvalue weighted by atomic mass is 35.5. The van der Waals surface area contributed by atoms with Gasteiger partial charge in [-0.1, -0.05) is 23.2 Å². The molecule has 0 aliphatic carbocycles. The Labute approximate surface area is 101 Å². The monoisotopic (exact) mass is 255 g/mol. The first-order valence-corrected chi connectivity index (χ1v) is 5.06. The van der Waals surface area contributed by atoms with Crippen LogP contribution in [0.4, 0.5) is 5.69 Å². The Bertz CT molecular complexity index is 550. The Kier molecular flexibility index (Phi) is 2.85. The molecular formula is C10H5Cl2N2O2+. The van der Waals surface area contributed by atoms with Crippen LogP contribution in [0.1, 0.15) is 0 Å². The van der Waals surface area contributed by atoms with Crippen molar-refractivity contribution in [1.29, 1.82) is 0 Å². The van der Waals surface area contributed by atoms with Gasteiger partial charge in [-0.25, -0.2) is 4.79 Å². The van der Waals surface area contributed by atoms with Gasteiger partial charge in [0.05, 0.1) is 21.2 Å². The number of hydrogen-bond acceptors (Lipinski definition) is 2. The molecule has 2 amide bonds. The van der Waals surface area contributed by atoms with E-state index in [1.54, 1.807) is 6.07 Å². The molecule has 0 atom stereocenters. The number of carbonyl (C=O) groups excluding carboxylic acids is 2. The second-order valence-corrected chi connectivity index (χ2v) is 3.83. The maximum Gasteiger partial charge on any atom is 0.443 e. The van der Waals surface area contributed by atoms with Crippen molar-refractivity contribution in [2.24, 2.45) is 5.11 Å². The molecule has 2 rings (SSSR count). The van der Waals surface area contributed by atoms with E-state index in [0.717, 1.165) is 16.8 Å². The number of amides is 2. The van der Waals surface area contributed by atoms with Crippen molar-refractivity contribution in [3.05, 3.63) is 40.4 Å². The predicted octanol–water partition coefficient (Wildman–Crippen LogP) is 2.71. The van der Waals surface area contributed by atoms with Crippen molar-refractivity contribution in [1.82, 2.24) is 0 Å². The molecule has 16 heavy (non-hydrogen) atoms. The van der Waals surface area contributed by atoms with Crippen LogP contribution in [0, 0.1) is 0 Å². The van der Waals surface area contributed by atoms with Gasteiger partial charge in [0.2, 0.25) is 5.69 Å². The fourth-order valence-electron chi connectivity index (χ4n) is 1.20. The van der Waals surface area contributed by atoms with Gasteiger partial charge in [-0.15, -0.1) is 0 Å². The van der Waals surface area contributed by atoms with Crippen molar-refractivity contribution in [2.45, 2.75) is 0 Å². The molecule has 0 unspecified atom stereocenters. The molecule has 4 nitrogen and oxygen atoms in total. The van der Waals surface area contributed by atoms with Crippen LogP contribution in [0.5, 0.6) is 0 Å². The highest BCUT2D eigenvalue weighted by Gasteiger charge is 2.26. The molecular weight excluding hydrogens is 251 g/mol. The summed E-state index contributed by atoms with van der Waals surface area (Å²) in [5, 5.41) is 4.23. The summed E-state index contributed by atoms with van der Waals surface area (Å²) >= 11 is 11.5. The number of benzene rings is 1. The lowest BCUT2D eigenvalue weighted by Gasteiger charge is -1.99. The van der Waals surface area contributed by atoms with Gasteiger partial charge in [0.25, 0.3) is 0 Å². The number of halogens is 2. The van der Waals surface area contributed by atoms with Crippen LogP contribution in [-0.4, -0.2) is 16.5 Å². The third-order valence-corrected chi connectivity index (χ3v) is 2.66. The summed E-state index contributed by atoms with van der Waals surface area (Å²) < 4.78 is 0.977. The minimum atomic E-state index is -0.495. The summed E-state index contributed by atoms with van der Waals surface area (Å²) in [6.45, 7) is 0. The quantitative estimate of drug-likeness (QED) is 0.725. The Morgan fingerprint density at radius 2 is 1.81 bits per heavy atom. The summed E-state index contributed by atoms with van der Waals surface area (Å²) in [7, 11) is 0. The molecule has 0 fully saturated rings. The van der Waals surface area contributed by atoms with Gasteiger partial charge in [0.1, 0.15) is 0 Å². The molecule has 1 aliphatic heterocycles. The zero-order valence-electron chi connectivity index (χ0n) is 7.85. The Morgan fingerprint density at radius 1 is 1.06 bits per heavy atom. The van der Waals surface area contributed by atoms with Crippen molar-refractivity contribution in [3.8, 4) is 0 Å². The summed E-state index contributed by atoms with van der Waals surface area (Å²) in [5.41, 5.74) is 0.400. The van der Waals surface area contributed by atoms with Crippen LogP contribution in [0.15, 0.2) is 35.5 Å². The lowest BCUT2D eigenvalue weighted by atomic mass is 10.3. The van der Waals surface area contributed by atoms with Gasteiger partial charge in [-0.2, -0.15) is 0 Å². The van der Waals surface area contributed by atoms with Crippen LogP contribution in [-0.2, 0) is 9.59 Å². The van der Waals surface area contributed by atoms with Gasteiger partial charge in [0, 0.05) is 18.2 Å². The molecule has 1 aromatic rings. The zero-order chi connectivity index (χ0) is 11.7. The second-order valence-electron chi connectivity index (χ2n) is 3.02. The molecule has 80 valence electrons. The largest absolute Gasteiger partial charge is 0.443 e. The number of nitrogens with zero attached hydrogens (tertiary/aromatic N) is 2. The van der Waals surface area contributed by atoms with E-state index in [1.165, 1.54) is 12.1 Å². The molecule has 0 saturated heterocycles. The minimum Gasteiger partial charge on any atom is -0.261 e. The molecule has 0 saturated carbocycles. The van der Waals surface area contributed by atoms with Gasteiger partial charge in [-0.3, -0.25) is 4.79 Å². The zero-order valence-corrected chi connectivity index (χ0v) is 9.37. The van der Waals surface area contributed by atoms with Crippen LogP contribution in [0.25, 0.3) is 0 Å². The van der Waals surface area contributed by atoms with Crippen molar-refractivity contribution < 1.29 is 14.3 Å². The lowest BCUT2D eigenvalue weighted by Crippen LogP contribution is -2.17. The van der Waals surface area contributed by atoms with Gasteiger partial charge in [-0.05, 0) is 10.8 Å². The third-order valence-electron chi connectivity index (χ3n) is 1.92. The molecule has 6 heteroatoms. The van der Waals surface area contributed by atoms with E-state index in [9.17, 15) is 9.59 Å². The van der Waals surface area contributed by atoms with E-state index >= 15 is 0 Å². The number of hydrogen-bond donors (Lipinski definition) is 0. The average Bonchev–Trinajstić information content (AvgIpc) is 2.26. The van der Waals surface area contributed by atoms with E-state index in [2.05, 4.69) is 5.11 Å². The first-order chi connectivity index (χ1) is 7.58. The van der Waals surface area contributed by atoms with Crippen molar-refractivity contribution in [2.75, 3.05) is 0 Å². The molecule has 1 aromatic carbocycles. The summed E-state index contributed by atoms with van der Waals surface area (Å²) in [6, 6.07) is 4.56. The Morgan fingerprint density at radius 3 is 2.50 bits per heavy atom. The van der Waals surface area contributed by atoms with E-state index in [0.29, 0.717) is 15.7 Å². The van der Waals surface area contributed by atoms with E-state index in [4.69, 9.17) is 23.2 Å². The SMILES string of the molecule is O=C1C=CC(=O)[N+](c2ccc(Cl)c(Cl)c2)=N1. The van der Waals surface area contributed by atoms with Crippen molar-refractivity contribution in [3.63, 3.8) is 0 Å². The Hall–Kier alpha value is -1.52.